The van der Waals surface area contributed by atoms with Gasteiger partial charge >= 0.3 is 0 Å². The summed E-state index contributed by atoms with van der Waals surface area (Å²) in [5.41, 5.74) is 0.817. The van der Waals surface area contributed by atoms with E-state index < -0.39 is 22.5 Å². The number of rotatable bonds is 6. The molecule has 2 N–H and O–H groups in total. The third-order valence-corrected chi connectivity index (χ3v) is 4.79. The van der Waals surface area contributed by atoms with Crippen LogP contribution >= 0.6 is 11.6 Å². The standard InChI is InChI=1S/C16H14ClN3O3S/c17-14-6-3-4-12(8-14)10-19-16(21)11-20-24(22,23)15-7-2-1-5-13(15)9-18/h1-8,20H,10-11H2,(H,19,21). The van der Waals surface area contributed by atoms with Gasteiger partial charge in [-0.05, 0) is 29.8 Å². The molecule has 6 nitrogen and oxygen atoms in total. The molecule has 0 aliphatic rings. The molecule has 2 rings (SSSR count). The van der Waals surface area contributed by atoms with E-state index in [9.17, 15) is 13.2 Å². The maximum atomic E-state index is 12.2. The van der Waals surface area contributed by atoms with Crippen LogP contribution in [0.3, 0.4) is 0 Å². The fraction of sp³-hybridized carbons (Fsp3) is 0.125. The number of hydrogen-bond acceptors (Lipinski definition) is 4. The largest absolute Gasteiger partial charge is 0.351 e. The number of hydrogen-bond donors (Lipinski definition) is 2. The zero-order valence-electron chi connectivity index (χ0n) is 12.5. The number of carbonyl (C=O) groups excluding carboxylic acids is 1. The van der Waals surface area contributed by atoms with Crippen LogP contribution in [0.2, 0.25) is 5.02 Å². The van der Waals surface area contributed by atoms with Crippen LogP contribution in [0.15, 0.2) is 53.4 Å². The third kappa shape index (κ3) is 4.80. The van der Waals surface area contributed by atoms with Crippen molar-refractivity contribution in [3.63, 3.8) is 0 Å². The summed E-state index contributed by atoms with van der Waals surface area (Å²) < 4.78 is 26.5. The van der Waals surface area contributed by atoms with Crippen molar-refractivity contribution in [2.75, 3.05) is 6.54 Å². The average Bonchev–Trinajstić information content (AvgIpc) is 2.58. The van der Waals surface area contributed by atoms with Crippen LogP contribution in [0.1, 0.15) is 11.1 Å². The number of amides is 1. The number of sulfonamides is 1. The second-order valence-electron chi connectivity index (χ2n) is 4.84. The van der Waals surface area contributed by atoms with E-state index in [2.05, 4.69) is 10.0 Å². The molecule has 0 atom stereocenters. The van der Waals surface area contributed by atoms with Gasteiger partial charge < -0.3 is 5.32 Å². The Hall–Kier alpha value is -2.40. The van der Waals surface area contributed by atoms with Crippen molar-refractivity contribution in [1.29, 1.82) is 5.26 Å². The molecule has 0 heterocycles. The quantitative estimate of drug-likeness (QED) is 0.817. The van der Waals surface area contributed by atoms with Gasteiger partial charge in [0.1, 0.15) is 6.07 Å². The molecule has 0 bridgehead atoms. The van der Waals surface area contributed by atoms with Gasteiger partial charge in [-0.15, -0.1) is 0 Å². The van der Waals surface area contributed by atoms with Crippen molar-refractivity contribution in [3.8, 4) is 6.07 Å². The smallest absolute Gasteiger partial charge is 0.242 e. The van der Waals surface area contributed by atoms with Crippen molar-refractivity contribution in [2.45, 2.75) is 11.4 Å². The van der Waals surface area contributed by atoms with Crippen LogP contribution in [0, 0.1) is 11.3 Å². The van der Waals surface area contributed by atoms with Gasteiger partial charge in [0.2, 0.25) is 15.9 Å². The molecule has 0 spiro atoms. The van der Waals surface area contributed by atoms with Crippen LogP contribution in [0.25, 0.3) is 0 Å². The van der Waals surface area contributed by atoms with Gasteiger partial charge in [-0.25, -0.2) is 13.1 Å². The van der Waals surface area contributed by atoms with E-state index >= 15 is 0 Å². The van der Waals surface area contributed by atoms with Crippen molar-refractivity contribution in [1.82, 2.24) is 10.0 Å². The Kier molecular flexibility index (Phi) is 5.93. The number of benzene rings is 2. The van der Waals surface area contributed by atoms with E-state index in [1.165, 1.54) is 18.2 Å². The molecule has 2 aromatic carbocycles. The maximum absolute atomic E-state index is 12.2. The van der Waals surface area contributed by atoms with Crippen molar-refractivity contribution >= 4 is 27.5 Å². The van der Waals surface area contributed by atoms with Gasteiger partial charge in [0, 0.05) is 11.6 Å². The fourth-order valence-corrected chi connectivity index (χ4v) is 3.29. The Morgan fingerprint density at radius 3 is 2.62 bits per heavy atom. The molecule has 24 heavy (non-hydrogen) atoms. The lowest BCUT2D eigenvalue weighted by molar-refractivity contribution is -0.120. The van der Waals surface area contributed by atoms with Gasteiger partial charge in [-0.1, -0.05) is 35.9 Å². The molecule has 0 unspecified atom stereocenters. The first-order valence-corrected chi connectivity index (χ1v) is 8.78. The summed E-state index contributed by atoms with van der Waals surface area (Å²) in [4.78, 5) is 11.6. The lowest BCUT2D eigenvalue weighted by Crippen LogP contribution is -2.36. The maximum Gasteiger partial charge on any atom is 0.242 e. The zero-order chi connectivity index (χ0) is 17.6. The zero-order valence-corrected chi connectivity index (χ0v) is 14.1. The summed E-state index contributed by atoms with van der Waals surface area (Å²) in [7, 11) is -3.94. The average molecular weight is 364 g/mol. The SMILES string of the molecule is N#Cc1ccccc1S(=O)(=O)NCC(=O)NCc1cccc(Cl)c1. The summed E-state index contributed by atoms with van der Waals surface area (Å²) in [5, 5.41) is 12.1. The number of halogens is 1. The fourth-order valence-electron chi connectivity index (χ4n) is 1.94. The normalized spacial score (nSPS) is 10.8. The molecule has 0 aromatic heterocycles. The summed E-state index contributed by atoms with van der Waals surface area (Å²) in [6.07, 6.45) is 0. The van der Waals surface area contributed by atoms with E-state index in [1.54, 1.807) is 30.3 Å². The molecule has 0 fully saturated rings. The van der Waals surface area contributed by atoms with Crippen molar-refractivity contribution in [3.05, 3.63) is 64.7 Å². The topological polar surface area (TPSA) is 99.1 Å². The van der Waals surface area contributed by atoms with Gasteiger partial charge in [0.05, 0.1) is 17.0 Å². The molecule has 0 aliphatic heterocycles. The highest BCUT2D eigenvalue weighted by molar-refractivity contribution is 7.89. The number of carbonyl (C=O) groups is 1. The molecular weight excluding hydrogens is 350 g/mol. The van der Waals surface area contributed by atoms with Crippen molar-refractivity contribution in [2.24, 2.45) is 0 Å². The predicted molar refractivity (Wildman–Crippen MR) is 89.6 cm³/mol. The summed E-state index contributed by atoms with van der Waals surface area (Å²) in [5.74, 6) is -0.493. The number of nitrogens with zero attached hydrogens (tertiary/aromatic N) is 1. The highest BCUT2D eigenvalue weighted by Crippen LogP contribution is 2.13. The molecule has 0 saturated heterocycles. The first-order chi connectivity index (χ1) is 11.4. The van der Waals surface area contributed by atoms with E-state index in [0.717, 1.165) is 5.56 Å². The van der Waals surface area contributed by atoms with E-state index in [-0.39, 0.29) is 17.0 Å². The van der Waals surface area contributed by atoms with Crippen LogP contribution in [0.5, 0.6) is 0 Å². The second kappa shape index (κ2) is 7.93. The molecule has 0 radical (unpaired) electrons. The predicted octanol–water partition coefficient (Wildman–Crippen LogP) is 1.81. The first kappa shape index (κ1) is 17.9. The Morgan fingerprint density at radius 1 is 1.17 bits per heavy atom. The Balaban J connectivity index is 1.94. The van der Waals surface area contributed by atoms with Crippen LogP contribution in [-0.2, 0) is 21.4 Å². The highest BCUT2D eigenvalue weighted by Gasteiger charge is 2.18. The van der Waals surface area contributed by atoms with E-state index in [0.29, 0.717) is 5.02 Å². The Morgan fingerprint density at radius 2 is 1.92 bits per heavy atom. The molecule has 0 aliphatic carbocycles. The number of nitriles is 1. The monoisotopic (exact) mass is 363 g/mol. The molecule has 1 amide bonds. The molecule has 2 aromatic rings. The van der Waals surface area contributed by atoms with Crippen LogP contribution in [-0.4, -0.2) is 20.9 Å². The third-order valence-electron chi connectivity index (χ3n) is 3.10. The summed E-state index contributed by atoms with van der Waals surface area (Å²) in [6, 6.07) is 14.6. The highest BCUT2D eigenvalue weighted by atomic mass is 35.5. The molecule has 124 valence electrons. The minimum atomic E-state index is -3.94. The van der Waals surface area contributed by atoms with Gasteiger partial charge in [-0.3, -0.25) is 4.79 Å². The summed E-state index contributed by atoms with van der Waals surface area (Å²) in [6.45, 7) is -0.196. The Bertz CT molecular complexity index is 891. The van der Waals surface area contributed by atoms with E-state index in [4.69, 9.17) is 16.9 Å². The van der Waals surface area contributed by atoms with E-state index in [1.807, 2.05) is 6.07 Å². The van der Waals surface area contributed by atoms with Gasteiger partial charge in [-0.2, -0.15) is 5.26 Å². The lowest BCUT2D eigenvalue weighted by atomic mass is 10.2. The van der Waals surface area contributed by atoms with Gasteiger partial charge in [0.25, 0.3) is 0 Å². The molecular formula is C16H14ClN3O3S. The Labute approximate surface area is 145 Å². The van der Waals surface area contributed by atoms with Crippen molar-refractivity contribution < 1.29 is 13.2 Å². The lowest BCUT2D eigenvalue weighted by Gasteiger charge is -2.09. The van der Waals surface area contributed by atoms with Crippen LogP contribution < -0.4 is 10.0 Å². The minimum absolute atomic E-state index is 0.0179. The first-order valence-electron chi connectivity index (χ1n) is 6.92. The van der Waals surface area contributed by atoms with Crippen LogP contribution in [0.4, 0.5) is 0 Å². The molecule has 0 saturated carbocycles. The second-order valence-corrected chi connectivity index (χ2v) is 7.01. The number of nitrogens with one attached hydrogen (secondary N) is 2. The molecule has 8 heteroatoms. The van der Waals surface area contributed by atoms with Gasteiger partial charge in [0.15, 0.2) is 0 Å². The summed E-state index contributed by atoms with van der Waals surface area (Å²) >= 11 is 5.85. The minimum Gasteiger partial charge on any atom is -0.351 e.